The summed E-state index contributed by atoms with van der Waals surface area (Å²) in [7, 11) is 0. The number of hydrogen-bond donors (Lipinski definition) is 1. The van der Waals surface area contributed by atoms with Crippen molar-refractivity contribution in [3.63, 3.8) is 0 Å². The maximum absolute atomic E-state index is 13.0. The summed E-state index contributed by atoms with van der Waals surface area (Å²) in [5, 5.41) is 4.33. The molecule has 1 aliphatic carbocycles. The molecule has 0 bridgehead atoms. The van der Waals surface area contributed by atoms with Crippen molar-refractivity contribution in [3.8, 4) is 0 Å². The quantitative estimate of drug-likeness (QED) is 0.382. The fourth-order valence-corrected chi connectivity index (χ4v) is 4.48. The van der Waals surface area contributed by atoms with E-state index < -0.39 is 0 Å². The van der Waals surface area contributed by atoms with Crippen LogP contribution in [0.1, 0.15) is 52.4 Å². The average Bonchev–Trinajstić information content (AvgIpc) is 2.71. The van der Waals surface area contributed by atoms with E-state index in [1.54, 1.807) is 10.6 Å². The highest BCUT2D eigenvalue weighted by molar-refractivity contribution is 7.99. The maximum atomic E-state index is 13.0. The summed E-state index contributed by atoms with van der Waals surface area (Å²) in [5.74, 6) is 0.281. The van der Waals surface area contributed by atoms with Crippen LogP contribution in [-0.4, -0.2) is 40.0 Å². The van der Waals surface area contributed by atoms with Crippen molar-refractivity contribution in [2.75, 3.05) is 12.4 Å². The molecule has 1 aliphatic rings. The molecule has 1 aromatic carbocycles. The number of hydrogen-bond acceptors (Lipinski definition) is 5. The Hall–Kier alpha value is -1.86. The zero-order chi connectivity index (χ0) is 20.6. The summed E-state index contributed by atoms with van der Waals surface area (Å²) < 4.78 is 7.29. The third kappa shape index (κ3) is 6.31. The number of aromatic nitrogens is 2. The lowest BCUT2D eigenvalue weighted by Crippen LogP contribution is -2.37. The van der Waals surface area contributed by atoms with Crippen molar-refractivity contribution < 1.29 is 9.53 Å². The number of carbonyl (C=O) groups excluding carboxylic acids is 1. The van der Waals surface area contributed by atoms with E-state index in [1.807, 2.05) is 32.0 Å². The van der Waals surface area contributed by atoms with Crippen molar-refractivity contribution in [3.05, 3.63) is 34.6 Å². The van der Waals surface area contributed by atoms with E-state index in [0.717, 1.165) is 19.3 Å². The lowest BCUT2D eigenvalue weighted by Gasteiger charge is -2.22. The lowest BCUT2D eigenvalue weighted by molar-refractivity contribution is -0.119. The van der Waals surface area contributed by atoms with Crippen LogP contribution in [0.25, 0.3) is 10.9 Å². The number of nitrogens with one attached hydrogen (secondary N) is 1. The molecule has 2 aromatic rings. The van der Waals surface area contributed by atoms with Gasteiger partial charge in [0, 0.05) is 19.2 Å². The summed E-state index contributed by atoms with van der Waals surface area (Å²) in [4.78, 5) is 30.1. The molecule has 1 fully saturated rings. The third-order valence-corrected chi connectivity index (χ3v) is 6.08. The number of carbonyl (C=O) groups is 1. The smallest absolute Gasteiger partial charge is 0.262 e. The summed E-state index contributed by atoms with van der Waals surface area (Å²) >= 11 is 1.34. The fraction of sp³-hybridized carbons (Fsp3) is 0.591. The minimum Gasteiger partial charge on any atom is -0.379 e. The Bertz CT molecular complexity index is 875. The van der Waals surface area contributed by atoms with Gasteiger partial charge in [0.2, 0.25) is 5.91 Å². The van der Waals surface area contributed by atoms with Gasteiger partial charge in [0.05, 0.1) is 22.8 Å². The van der Waals surface area contributed by atoms with Crippen LogP contribution in [-0.2, 0) is 16.1 Å². The molecule has 0 unspecified atom stereocenters. The molecular weight excluding hydrogens is 386 g/mol. The van der Waals surface area contributed by atoms with E-state index in [2.05, 4.69) is 10.3 Å². The first-order chi connectivity index (χ1) is 14.0. The number of nitrogens with zero attached hydrogens (tertiary/aromatic N) is 2. The van der Waals surface area contributed by atoms with Gasteiger partial charge in [-0.3, -0.25) is 14.2 Å². The molecule has 1 saturated carbocycles. The fourth-order valence-electron chi connectivity index (χ4n) is 3.64. The second kappa shape index (κ2) is 10.8. The van der Waals surface area contributed by atoms with Crippen LogP contribution in [0.5, 0.6) is 0 Å². The molecule has 6 nitrogen and oxygen atoms in total. The molecule has 0 aliphatic heterocycles. The molecule has 1 amide bonds. The number of rotatable bonds is 9. The van der Waals surface area contributed by atoms with E-state index in [9.17, 15) is 9.59 Å². The molecule has 0 atom stereocenters. The molecule has 3 rings (SSSR count). The van der Waals surface area contributed by atoms with E-state index in [1.165, 1.54) is 31.0 Å². The largest absolute Gasteiger partial charge is 0.379 e. The van der Waals surface area contributed by atoms with Crippen LogP contribution in [0.3, 0.4) is 0 Å². The van der Waals surface area contributed by atoms with Gasteiger partial charge in [0.25, 0.3) is 5.56 Å². The predicted octanol–water partition coefficient (Wildman–Crippen LogP) is 3.75. The molecule has 1 aromatic heterocycles. The Morgan fingerprint density at radius 2 is 2.03 bits per heavy atom. The van der Waals surface area contributed by atoms with Gasteiger partial charge in [-0.15, -0.1) is 0 Å². The number of benzene rings is 1. The van der Waals surface area contributed by atoms with Gasteiger partial charge < -0.3 is 10.1 Å². The molecule has 0 saturated heterocycles. The van der Waals surface area contributed by atoms with Gasteiger partial charge in [0.15, 0.2) is 5.16 Å². The highest BCUT2D eigenvalue weighted by atomic mass is 32.2. The summed E-state index contributed by atoms with van der Waals surface area (Å²) in [6.45, 7) is 5.10. The van der Waals surface area contributed by atoms with Gasteiger partial charge in [-0.1, -0.05) is 43.2 Å². The average molecular weight is 418 g/mol. The molecule has 158 valence electrons. The molecule has 1 N–H and O–H groups in total. The number of amides is 1. The summed E-state index contributed by atoms with van der Waals surface area (Å²) in [6.07, 6.45) is 6.63. The number of para-hydroxylation sites is 1. The zero-order valence-electron chi connectivity index (χ0n) is 17.4. The van der Waals surface area contributed by atoms with Crippen LogP contribution in [0.4, 0.5) is 0 Å². The zero-order valence-corrected chi connectivity index (χ0v) is 18.2. The highest BCUT2D eigenvalue weighted by Crippen LogP contribution is 2.20. The predicted molar refractivity (Wildman–Crippen MR) is 117 cm³/mol. The van der Waals surface area contributed by atoms with Crippen LogP contribution >= 0.6 is 11.8 Å². The number of ether oxygens (including phenoxy) is 1. The van der Waals surface area contributed by atoms with Gasteiger partial charge in [0.1, 0.15) is 0 Å². The van der Waals surface area contributed by atoms with E-state index in [-0.39, 0.29) is 29.4 Å². The van der Waals surface area contributed by atoms with Crippen molar-refractivity contribution in [2.24, 2.45) is 0 Å². The van der Waals surface area contributed by atoms with Gasteiger partial charge >= 0.3 is 0 Å². The highest BCUT2D eigenvalue weighted by Gasteiger charge is 2.17. The van der Waals surface area contributed by atoms with Crippen molar-refractivity contribution in [2.45, 2.75) is 76.2 Å². The van der Waals surface area contributed by atoms with E-state index in [4.69, 9.17) is 4.74 Å². The SMILES string of the molecule is CC(C)OCCCn1c(SCC(=O)NC2CCCCC2)nc2ccccc2c1=O. The molecule has 1 heterocycles. The number of thioether (sulfide) groups is 1. The normalized spacial score (nSPS) is 15.1. The molecule has 0 radical (unpaired) electrons. The Kier molecular flexibility index (Phi) is 8.12. The van der Waals surface area contributed by atoms with Crippen LogP contribution in [0, 0.1) is 0 Å². The Morgan fingerprint density at radius 3 is 2.79 bits per heavy atom. The summed E-state index contributed by atoms with van der Waals surface area (Å²) in [6, 6.07) is 7.66. The molecule has 7 heteroatoms. The monoisotopic (exact) mass is 417 g/mol. The van der Waals surface area contributed by atoms with Crippen LogP contribution < -0.4 is 10.9 Å². The van der Waals surface area contributed by atoms with Gasteiger partial charge in [-0.25, -0.2) is 4.98 Å². The molecule has 0 spiro atoms. The Labute approximate surface area is 176 Å². The molecule has 29 heavy (non-hydrogen) atoms. The first-order valence-corrected chi connectivity index (χ1v) is 11.6. The van der Waals surface area contributed by atoms with Crippen molar-refractivity contribution >= 4 is 28.6 Å². The topological polar surface area (TPSA) is 73.2 Å². The Balaban J connectivity index is 1.71. The van der Waals surface area contributed by atoms with Gasteiger partial charge in [-0.05, 0) is 45.2 Å². The third-order valence-electron chi connectivity index (χ3n) is 5.11. The van der Waals surface area contributed by atoms with Crippen molar-refractivity contribution in [1.82, 2.24) is 14.9 Å². The Morgan fingerprint density at radius 1 is 1.28 bits per heavy atom. The standard InChI is InChI=1S/C22H31N3O3S/c1-16(2)28-14-8-13-25-21(27)18-11-6-7-12-19(18)24-22(25)29-15-20(26)23-17-9-4-3-5-10-17/h6-7,11-12,16-17H,3-5,8-10,13-15H2,1-2H3,(H,23,26). The second-order valence-corrected chi connectivity index (χ2v) is 8.78. The second-order valence-electron chi connectivity index (χ2n) is 7.83. The minimum absolute atomic E-state index is 0.0130. The maximum Gasteiger partial charge on any atom is 0.262 e. The van der Waals surface area contributed by atoms with Gasteiger partial charge in [-0.2, -0.15) is 0 Å². The van der Waals surface area contributed by atoms with Crippen molar-refractivity contribution in [1.29, 1.82) is 0 Å². The first-order valence-electron chi connectivity index (χ1n) is 10.6. The minimum atomic E-state index is -0.0599. The first kappa shape index (κ1) is 21.8. The van der Waals surface area contributed by atoms with Crippen LogP contribution in [0.15, 0.2) is 34.2 Å². The lowest BCUT2D eigenvalue weighted by atomic mass is 9.95. The summed E-state index contributed by atoms with van der Waals surface area (Å²) in [5.41, 5.74) is 0.609. The van der Waals surface area contributed by atoms with E-state index in [0.29, 0.717) is 29.2 Å². The van der Waals surface area contributed by atoms with Crippen LogP contribution in [0.2, 0.25) is 0 Å². The number of fused-ring (bicyclic) bond motifs is 1. The van der Waals surface area contributed by atoms with E-state index >= 15 is 0 Å². The molecular formula is C22H31N3O3S.